The second-order valence-corrected chi connectivity index (χ2v) is 4.59. The van der Waals surface area contributed by atoms with Crippen molar-refractivity contribution in [3.8, 4) is 11.8 Å². The molecule has 0 aliphatic carbocycles. The van der Waals surface area contributed by atoms with Crippen molar-refractivity contribution in [1.82, 2.24) is 5.32 Å². The predicted octanol–water partition coefficient (Wildman–Crippen LogP) is 2.87. The minimum absolute atomic E-state index is 0.0165. The van der Waals surface area contributed by atoms with Crippen molar-refractivity contribution >= 4 is 23.6 Å². The summed E-state index contributed by atoms with van der Waals surface area (Å²) in [5.74, 6) is -0.496. The average Bonchev–Trinajstić information content (AvgIpc) is 2.39. The number of nitriles is 1. The van der Waals surface area contributed by atoms with E-state index in [1.54, 1.807) is 0 Å². The molecule has 0 aliphatic heterocycles. The van der Waals surface area contributed by atoms with Gasteiger partial charge in [-0.3, -0.25) is 4.79 Å². The zero-order chi connectivity index (χ0) is 14.4. The molecule has 4 nitrogen and oxygen atoms in total. The summed E-state index contributed by atoms with van der Waals surface area (Å²) in [4.78, 5) is 11.8. The molecule has 0 spiro atoms. The van der Waals surface area contributed by atoms with Crippen LogP contribution in [-0.4, -0.2) is 17.1 Å². The summed E-state index contributed by atoms with van der Waals surface area (Å²) >= 11 is 5.81. The van der Waals surface area contributed by atoms with Crippen LogP contribution in [0.3, 0.4) is 0 Å². The van der Waals surface area contributed by atoms with E-state index in [0.29, 0.717) is 10.6 Å². The number of carbonyl (C=O) groups excluding carboxylic acids is 1. The van der Waals surface area contributed by atoms with Gasteiger partial charge in [-0.05, 0) is 37.6 Å². The van der Waals surface area contributed by atoms with Gasteiger partial charge in [0.25, 0.3) is 5.91 Å². The highest BCUT2D eigenvalue weighted by molar-refractivity contribution is 6.30. The van der Waals surface area contributed by atoms with Gasteiger partial charge in [-0.2, -0.15) is 5.26 Å². The first-order valence-electron chi connectivity index (χ1n) is 5.89. The van der Waals surface area contributed by atoms with E-state index in [-0.39, 0.29) is 17.4 Å². The number of phenols is 1. The molecular formula is C14H15ClN2O2. The number of benzene rings is 1. The van der Waals surface area contributed by atoms with Crippen LogP contribution in [0.15, 0.2) is 23.8 Å². The molecule has 0 saturated heterocycles. The van der Waals surface area contributed by atoms with Gasteiger partial charge in [0, 0.05) is 16.6 Å². The first-order chi connectivity index (χ1) is 8.97. The number of nitrogens with one attached hydrogen (secondary N) is 1. The standard InChI is InChI=1S/C14H15ClN2O2/c1-3-9(2)17-14(19)11(8-16)6-10-7-12(15)4-5-13(10)18/h4-7,9,18H,3H2,1-2H3,(H,17,19)/b11-6+/t9-/m1/s1. The second kappa shape index (κ2) is 6.81. The Morgan fingerprint density at radius 2 is 2.32 bits per heavy atom. The fraction of sp³-hybridized carbons (Fsp3) is 0.286. The number of phenolic OH excluding ortho intramolecular Hbond substituents is 1. The van der Waals surface area contributed by atoms with Gasteiger partial charge in [0.2, 0.25) is 0 Å². The molecule has 5 heteroatoms. The van der Waals surface area contributed by atoms with Crippen molar-refractivity contribution in [3.63, 3.8) is 0 Å². The van der Waals surface area contributed by atoms with Gasteiger partial charge >= 0.3 is 0 Å². The van der Waals surface area contributed by atoms with Crippen molar-refractivity contribution in [1.29, 1.82) is 5.26 Å². The number of amides is 1. The lowest BCUT2D eigenvalue weighted by Crippen LogP contribution is -2.32. The lowest BCUT2D eigenvalue weighted by atomic mass is 10.1. The van der Waals surface area contributed by atoms with Gasteiger partial charge in [0.1, 0.15) is 17.4 Å². The molecule has 2 N–H and O–H groups in total. The van der Waals surface area contributed by atoms with Crippen molar-refractivity contribution in [3.05, 3.63) is 34.4 Å². The maximum atomic E-state index is 11.8. The third-order valence-corrected chi connectivity index (χ3v) is 2.88. The molecule has 0 aromatic heterocycles. The van der Waals surface area contributed by atoms with Crippen LogP contribution in [0.1, 0.15) is 25.8 Å². The number of hydrogen-bond donors (Lipinski definition) is 2. The normalized spacial score (nSPS) is 12.6. The number of hydrogen-bond acceptors (Lipinski definition) is 3. The molecule has 0 radical (unpaired) electrons. The second-order valence-electron chi connectivity index (χ2n) is 4.16. The number of rotatable bonds is 4. The molecule has 0 bridgehead atoms. The fourth-order valence-electron chi connectivity index (χ4n) is 1.35. The Morgan fingerprint density at radius 3 is 2.89 bits per heavy atom. The Kier molecular flexibility index (Phi) is 5.40. The largest absolute Gasteiger partial charge is 0.507 e. The van der Waals surface area contributed by atoms with Crippen molar-refractivity contribution in [2.45, 2.75) is 26.3 Å². The third-order valence-electron chi connectivity index (χ3n) is 2.64. The first-order valence-corrected chi connectivity index (χ1v) is 6.27. The van der Waals surface area contributed by atoms with Crippen molar-refractivity contribution in [2.24, 2.45) is 0 Å². The Bertz CT molecular complexity index is 547. The average molecular weight is 279 g/mol. The first kappa shape index (κ1) is 15.1. The van der Waals surface area contributed by atoms with Gasteiger partial charge in [-0.15, -0.1) is 0 Å². The number of halogens is 1. The van der Waals surface area contributed by atoms with Crippen LogP contribution in [0.5, 0.6) is 5.75 Å². The van der Waals surface area contributed by atoms with Gasteiger partial charge in [-0.25, -0.2) is 0 Å². The van der Waals surface area contributed by atoms with Crippen LogP contribution in [0.4, 0.5) is 0 Å². The third kappa shape index (κ3) is 4.31. The Hall–Kier alpha value is -1.99. The van der Waals surface area contributed by atoms with Crippen LogP contribution < -0.4 is 5.32 Å². The molecule has 1 aromatic carbocycles. The van der Waals surface area contributed by atoms with Crippen LogP contribution in [0.2, 0.25) is 5.02 Å². The summed E-state index contributed by atoms with van der Waals surface area (Å²) in [6.45, 7) is 3.78. The van der Waals surface area contributed by atoms with E-state index in [2.05, 4.69) is 5.32 Å². The molecular weight excluding hydrogens is 264 g/mol. The van der Waals surface area contributed by atoms with E-state index in [1.807, 2.05) is 19.9 Å². The lowest BCUT2D eigenvalue weighted by Gasteiger charge is -2.10. The van der Waals surface area contributed by atoms with Gasteiger partial charge in [0.15, 0.2) is 0 Å². The SMILES string of the molecule is CC[C@@H](C)NC(=O)/C(C#N)=C/c1cc(Cl)ccc1O. The molecule has 0 unspecified atom stereocenters. The summed E-state index contributed by atoms with van der Waals surface area (Å²) < 4.78 is 0. The van der Waals surface area contributed by atoms with Crippen LogP contribution in [0, 0.1) is 11.3 Å². The smallest absolute Gasteiger partial charge is 0.262 e. The Morgan fingerprint density at radius 1 is 1.63 bits per heavy atom. The molecule has 0 fully saturated rings. The Balaban J connectivity index is 3.03. The van der Waals surface area contributed by atoms with Crippen LogP contribution in [-0.2, 0) is 4.79 Å². The molecule has 19 heavy (non-hydrogen) atoms. The minimum atomic E-state index is -0.462. The maximum Gasteiger partial charge on any atom is 0.262 e. The fourth-order valence-corrected chi connectivity index (χ4v) is 1.53. The molecule has 0 saturated carbocycles. The highest BCUT2D eigenvalue weighted by Gasteiger charge is 2.12. The summed E-state index contributed by atoms with van der Waals surface area (Å²) in [5, 5.41) is 21.8. The van der Waals surface area contributed by atoms with Gasteiger partial charge in [-0.1, -0.05) is 18.5 Å². The molecule has 1 rings (SSSR count). The molecule has 0 aliphatic rings. The molecule has 0 heterocycles. The summed E-state index contributed by atoms with van der Waals surface area (Å²) in [7, 11) is 0. The van der Waals surface area contributed by atoms with Crippen molar-refractivity contribution < 1.29 is 9.90 Å². The predicted molar refractivity (Wildman–Crippen MR) is 74.6 cm³/mol. The van der Waals surface area contributed by atoms with Gasteiger partial charge < -0.3 is 10.4 Å². The zero-order valence-corrected chi connectivity index (χ0v) is 11.5. The summed E-state index contributed by atoms with van der Waals surface area (Å²) in [6, 6.07) is 6.24. The minimum Gasteiger partial charge on any atom is -0.507 e. The maximum absolute atomic E-state index is 11.8. The quantitative estimate of drug-likeness (QED) is 0.657. The van der Waals surface area contributed by atoms with E-state index >= 15 is 0 Å². The van der Waals surface area contributed by atoms with Crippen molar-refractivity contribution in [2.75, 3.05) is 0 Å². The number of nitrogens with zero attached hydrogens (tertiary/aromatic N) is 1. The Labute approximate surface area is 117 Å². The summed E-state index contributed by atoms with van der Waals surface area (Å²) in [5.41, 5.74) is 0.265. The monoisotopic (exact) mass is 278 g/mol. The van der Waals surface area contributed by atoms with E-state index in [4.69, 9.17) is 16.9 Å². The van der Waals surface area contributed by atoms with Crippen LogP contribution in [0.25, 0.3) is 6.08 Å². The van der Waals surface area contributed by atoms with E-state index in [1.165, 1.54) is 24.3 Å². The highest BCUT2D eigenvalue weighted by atomic mass is 35.5. The topological polar surface area (TPSA) is 73.1 Å². The van der Waals surface area contributed by atoms with Crippen LogP contribution >= 0.6 is 11.6 Å². The van der Waals surface area contributed by atoms with Gasteiger partial charge in [0.05, 0.1) is 0 Å². The van der Waals surface area contributed by atoms with E-state index in [0.717, 1.165) is 6.42 Å². The number of aromatic hydroxyl groups is 1. The lowest BCUT2D eigenvalue weighted by molar-refractivity contribution is -0.117. The summed E-state index contributed by atoms with van der Waals surface area (Å²) in [6.07, 6.45) is 2.09. The number of carbonyl (C=O) groups is 1. The molecule has 1 atom stereocenters. The van der Waals surface area contributed by atoms with E-state index < -0.39 is 5.91 Å². The molecule has 1 aromatic rings. The zero-order valence-electron chi connectivity index (χ0n) is 10.8. The van der Waals surface area contributed by atoms with E-state index in [9.17, 15) is 9.90 Å². The highest BCUT2D eigenvalue weighted by Crippen LogP contribution is 2.23. The molecule has 1 amide bonds. The molecule has 100 valence electrons.